The summed E-state index contributed by atoms with van der Waals surface area (Å²) >= 11 is 0. The molecule has 0 fully saturated rings. The molecular formula is C24H19NO2. The number of benzene rings is 3. The number of nitrogens with zero attached hydrogens (tertiary/aromatic N) is 1. The number of carbonyl (C=O) groups excluding carboxylic acids is 1. The third kappa shape index (κ3) is 3.72. The zero-order chi connectivity index (χ0) is 18.5. The SMILES string of the molecule is O=C(OCC(c1ccccc1)c1ccccc1)c1nccc2ccccc12. The number of hydrogen-bond acceptors (Lipinski definition) is 3. The van der Waals surface area contributed by atoms with Gasteiger partial charge in [0.25, 0.3) is 0 Å². The van der Waals surface area contributed by atoms with Gasteiger partial charge in [0.1, 0.15) is 6.61 Å². The van der Waals surface area contributed by atoms with Crippen molar-refractivity contribution in [2.24, 2.45) is 0 Å². The molecule has 0 amide bonds. The number of esters is 1. The molecule has 0 radical (unpaired) electrons. The molecule has 0 aliphatic carbocycles. The lowest BCUT2D eigenvalue weighted by Crippen LogP contribution is -2.15. The maximum atomic E-state index is 12.7. The molecule has 0 bridgehead atoms. The highest BCUT2D eigenvalue weighted by Crippen LogP contribution is 2.25. The van der Waals surface area contributed by atoms with Gasteiger partial charge >= 0.3 is 5.97 Å². The van der Waals surface area contributed by atoms with Crippen molar-refractivity contribution in [2.75, 3.05) is 6.61 Å². The molecule has 0 saturated carbocycles. The molecule has 0 saturated heterocycles. The van der Waals surface area contributed by atoms with E-state index in [1.807, 2.05) is 66.7 Å². The van der Waals surface area contributed by atoms with E-state index in [2.05, 4.69) is 29.2 Å². The first-order chi connectivity index (χ1) is 13.3. The van der Waals surface area contributed by atoms with Crippen LogP contribution >= 0.6 is 0 Å². The van der Waals surface area contributed by atoms with Crippen LogP contribution in [0.1, 0.15) is 27.5 Å². The fourth-order valence-corrected chi connectivity index (χ4v) is 3.27. The summed E-state index contributed by atoms with van der Waals surface area (Å²) in [6, 6.07) is 29.8. The summed E-state index contributed by atoms with van der Waals surface area (Å²) in [5, 5.41) is 1.78. The lowest BCUT2D eigenvalue weighted by Gasteiger charge is -2.18. The van der Waals surface area contributed by atoms with Crippen LogP contribution in [0.25, 0.3) is 10.8 Å². The maximum absolute atomic E-state index is 12.7. The zero-order valence-corrected chi connectivity index (χ0v) is 14.8. The standard InChI is InChI=1S/C24H19NO2/c26-24(23-21-14-8-7-13-20(21)15-16-25-23)27-17-22(18-9-3-1-4-10-18)19-11-5-2-6-12-19/h1-16,22H,17H2. The first kappa shape index (κ1) is 17.0. The molecule has 3 nitrogen and oxygen atoms in total. The zero-order valence-electron chi connectivity index (χ0n) is 14.8. The van der Waals surface area contributed by atoms with Crippen LogP contribution in [0.5, 0.6) is 0 Å². The molecule has 27 heavy (non-hydrogen) atoms. The lowest BCUT2D eigenvalue weighted by molar-refractivity contribution is 0.0488. The van der Waals surface area contributed by atoms with E-state index >= 15 is 0 Å². The summed E-state index contributed by atoms with van der Waals surface area (Å²) in [6.07, 6.45) is 1.64. The van der Waals surface area contributed by atoms with Gasteiger partial charge in [0.05, 0.1) is 0 Å². The minimum atomic E-state index is -0.399. The Morgan fingerprint density at radius 1 is 0.778 bits per heavy atom. The van der Waals surface area contributed by atoms with E-state index in [-0.39, 0.29) is 12.5 Å². The molecule has 0 N–H and O–H groups in total. The molecular weight excluding hydrogens is 334 g/mol. The van der Waals surface area contributed by atoms with E-state index < -0.39 is 5.97 Å². The normalized spacial score (nSPS) is 10.9. The van der Waals surface area contributed by atoms with Gasteiger partial charge in [0.15, 0.2) is 5.69 Å². The van der Waals surface area contributed by atoms with Crippen LogP contribution in [-0.4, -0.2) is 17.6 Å². The second-order valence-corrected chi connectivity index (χ2v) is 6.35. The van der Waals surface area contributed by atoms with E-state index in [0.717, 1.165) is 21.9 Å². The topological polar surface area (TPSA) is 39.2 Å². The van der Waals surface area contributed by atoms with Crippen molar-refractivity contribution < 1.29 is 9.53 Å². The second kappa shape index (κ2) is 7.83. The van der Waals surface area contributed by atoms with E-state index in [1.165, 1.54) is 0 Å². The molecule has 0 unspecified atom stereocenters. The Bertz CT molecular complexity index is 1000. The van der Waals surface area contributed by atoms with Gasteiger partial charge < -0.3 is 4.74 Å². The van der Waals surface area contributed by atoms with Crippen LogP contribution in [0.3, 0.4) is 0 Å². The Kier molecular flexibility index (Phi) is 4.93. The summed E-state index contributed by atoms with van der Waals surface area (Å²) in [7, 11) is 0. The van der Waals surface area contributed by atoms with E-state index in [1.54, 1.807) is 6.20 Å². The molecule has 0 aliphatic heterocycles. The van der Waals surface area contributed by atoms with Crippen LogP contribution < -0.4 is 0 Å². The fraction of sp³-hybridized carbons (Fsp3) is 0.0833. The third-order valence-corrected chi connectivity index (χ3v) is 4.65. The minimum Gasteiger partial charge on any atom is -0.460 e. The van der Waals surface area contributed by atoms with Gasteiger partial charge in [-0.3, -0.25) is 0 Å². The smallest absolute Gasteiger partial charge is 0.357 e. The van der Waals surface area contributed by atoms with E-state index in [0.29, 0.717) is 5.69 Å². The number of ether oxygens (including phenoxy) is 1. The minimum absolute atomic E-state index is 0.0219. The predicted molar refractivity (Wildman–Crippen MR) is 107 cm³/mol. The number of pyridine rings is 1. The molecule has 4 rings (SSSR count). The molecule has 3 heteroatoms. The Morgan fingerprint density at radius 3 is 2.04 bits per heavy atom. The van der Waals surface area contributed by atoms with Gasteiger partial charge in [-0.1, -0.05) is 84.9 Å². The Balaban J connectivity index is 1.60. The highest BCUT2D eigenvalue weighted by Gasteiger charge is 2.19. The van der Waals surface area contributed by atoms with Gasteiger partial charge in [0.2, 0.25) is 0 Å². The third-order valence-electron chi connectivity index (χ3n) is 4.65. The maximum Gasteiger partial charge on any atom is 0.357 e. The van der Waals surface area contributed by atoms with Crippen molar-refractivity contribution in [3.8, 4) is 0 Å². The largest absolute Gasteiger partial charge is 0.460 e. The first-order valence-corrected chi connectivity index (χ1v) is 8.94. The van der Waals surface area contributed by atoms with Gasteiger partial charge in [-0.15, -0.1) is 0 Å². The summed E-state index contributed by atoms with van der Waals surface area (Å²) in [6.45, 7) is 0.262. The van der Waals surface area contributed by atoms with E-state index in [9.17, 15) is 4.79 Å². The Hall–Kier alpha value is -3.46. The predicted octanol–water partition coefficient (Wildman–Crippen LogP) is 5.22. The van der Waals surface area contributed by atoms with Gasteiger partial charge in [-0.2, -0.15) is 0 Å². The van der Waals surface area contributed by atoms with Gasteiger partial charge in [-0.25, -0.2) is 9.78 Å². The van der Waals surface area contributed by atoms with Crippen LogP contribution in [0.15, 0.2) is 97.2 Å². The highest BCUT2D eigenvalue weighted by molar-refractivity contribution is 6.02. The number of rotatable bonds is 5. The number of hydrogen-bond donors (Lipinski definition) is 0. The van der Waals surface area contributed by atoms with Crippen LogP contribution in [-0.2, 0) is 4.74 Å². The lowest BCUT2D eigenvalue weighted by atomic mass is 9.92. The summed E-state index contributed by atoms with van der Waals surface area (Å²) in [4.78, 5) is 17.0. The van der Waals surface area contributed by atoms with Crippen LogP contribution in [0.2, 0.25) is 0 Å². The quantitative estimate of drug-likeness (QED) is 0.462. The number of carbonyl (C=O) groups is 1. The molecule has 3 aromatic carbocycles. The van der Waals surface area contributed by atoms with Gasteiger partial charge in [-0.05, 0) is 22.6 Å². The van der Waals surface area contributed by atoms with Crippen LogP contribution in [0, 0.1) is 0 Å². The summed E-state index contributed by atoms with van der Waals surface area (Å²) in [5.41, 5.74) is 2.58. The molecule has 4 aromatic rings. The van der Waals surface area contributed by atoms with Gasteiger partial charge in [0, 0.05) is 17.5 Å². The number of fused-ring (bicyclic) bond motifs is 1. The molecule has 132 valence electrons. The molecule has 0 aliphatic rings. The first-order valence-electron chi connectivity index (χ1n) is 8.94. The number of aromatic nitrogens is 1. The monoisotopic (exact) mass is 353 g/mol. The van der Waals surface area contributed by atoms with E-state index in [4.69, 9.17) is 4.74 Å². The fourth-order valence-electron chi connectivity index (χ4n) is 3.27. The Morgan fingerprint density at radius 2 is 1.37 bits per heavy atom. The van der Waals surface area contributed by atoms with Crippen molar-refractivity contribution >= 4 is 16.7 Å². The molecule has 0 atom stereocenters. The Labute approximate surface area is 158 Å². The molecule has 1 aromatic heterocycles. The molecule has 0 spiro atoms. The average Bonchev–Trinajstić information content (AvgIpc) is 2.75. The van der Waals surface area contributed by atoms with Crippen molar-refractivity contribution in [1.29, 1.82) is 0 Å². The van der Waals surface area contributed by atoms with Crippen LogP contribution in [0.4, 0.5) is 0 Å². The summed E-state index contributed by atoms with van der Waals surface area (Å²) < 4.78 is 5.71. The molecule has 1 heterocycles. The highest BCUT2D eigenvalue weighted by atomic mass is 16.5. The summed E-state index contributed by atoms with van der Waals surface area (Å²) in [5.74, 6) is -0.421. The van der Waals surface area contributed by atoms with Crippen molar-refractivity contribution in [2.45, 2.75) is 5.92 Å². The van der Waals surface area contributed by atoms with Crippen molar-refractivity contribution in [3.63, 3.8) is 0 Å². The second-order valence-electron chi connectivity index (χ2n) is 6.35. The van der Waals surface area contributed by atoms with Crippen molar-refractivity contribution in [3.05, 3.63) is 114 Å². The van der Waals surface area contributed by atoms with Crippen molar-refractivity contribution in [1.82, 2.24) is 4.98 Å². The average molecular weight is 353 g/mol.